The van der Waals surface area contributed by atoms with Crippen LogP contribution in [0.25, 0.3) is 41.4 Å². The minimum atomic E-state index is 0.144. The van der Waals surface area contributed by atoms with E-state index in [9.17, 15) is 0 Å². The van der Waals surface area contributed by atoms with Gasteiger partial charge < -0.3 is 9.80 Å². The zero-order valence-electron chi connectivity index (χ0n) is 48.6. The van der Waals surface area contributed by atoms with E-state index in [1.165, 1.54) is 199 Å². The second kappa shape index (κ2) is 32.6. The number of rotatable bonds is 40. The van der Waals surface area contributed by atoms with Gasteiger partial charge in [0.1, 0.15) is 0 Å². The van der Waals surface area contributed by atoms with Crippen LogP contribution in [0.1, 0.15) is 243 Å². The molecule has 422 valence electrons. The monoisotopic (exact) mass is 1120 g/mol. The van der Waals surface area contributed by atoms with Crippen LogP contribution in [0.5, 0.6) is 0 Å². The summed E-state index contributed by atoms with van der Waals surface area (Å²) in [5.74, 6) is 1.14. The predicted octanol–water partition coefficient (Wildman–Crippen LogP) is 21.3. The zero-order chi connectivity index (χ0) is 54.3. The van der Waals surface area contributed by atoms with Crippen LogP contribution < -0.4 is 20.2 Å². The Hall–Kier alpha value is -3.82. The van der Waals surface area contributed by atoms with E-state index in [2.05, 4.69) is 121 Å². The molecule has 2 aliphatic heterocycles. The molecule has 2 amide bonds. The van der Waals surface area contributed by atoms with Gasteiger partial charge in [-0.25, -0.2) is 0 Å². The summed E-state index contributed by atoms with van der Waals surface area (Å²) in [6.45, 7) is 10.7. The third kappa shape index (κ3) is 16.2. The van der Waals surface area contributed by atoms with Gasteiger partial charge in [0.2, 0.25) is 0 Å². The maximum absolute atomic E-state index is 15.6. The van der Waals surface area contributed by atoms with Crippen molar-refractivity contribution in [1.82, 2.24) is 0 Å². The van der Waals surface area contributed by atoms with E-state index in [1.54, 1.807) is 45.3 Å². The van der Waals surface area contributed by atoms with Crippen LogP contribution in [-0.2, 0) is 9.59 Å². The van der Waals surface area contributed by atoms with E-state index < -0.39 is 0 Å². The number of fused-ring (bicyclic) bond motifs is 5. The number of carbonyl (C=O) groups is 2. The molecule has 0 radical (unpaired) electrons. The highest BCUT2D eigenvalue weighted by atomic mass is 32.1. The number of anilines is 2. The molecular weight excluding hydrogens is 1030 g/mol. The summed E-state index contributed by atoms with van der Waals surface area (Å²) in [6.07, 6.45) is 41.0. The largest absolute Gasteiger partial charge is 0.307 e. The van der Waals surface area contributed by atoms with Crippen LogP contribution in [0.2, 0.25) is 0 Å². The van der Waals surface area contributed by atoms with E-state index in [1.807, 2.05) is 0 Å². The van der Waals surface area contributed by atoms with Gasteiger partial charge in [-0.05, 0) is 84.7 Å². The average Bonchev–Trinajstić information content (AvgIpc) is 4.48. The van der Waals surface area contributed by atoms with Gasteiger partial charge in [-0.2, -0.15) is 0 Å². The Morgan fingerprint density at radius 2 is 0.654 bits per heavy atom. The highest BCUT2D eigenvalue weighted by Crippen LogP contribution is 2.43. The van der Waals surface area contributed by atoms with E-state index in [-0.39, 0.29) is 11.8 Å². The summed E-state index contributed by atoms with van der Waals surface area (Å²) < 4.78 is 0. The molecule has 8 rings (SSSR count). The van der Waals surface area contributed by atoms with E-state index in [0.717, 1.165) is 92.3 Å². The fraction of sp³-hybridized carbons (Fsp3) is 0.571. The molecule has 78 heavy (non-hydrogen) atoms. The fourth-order valence-electron chi connectivity index (χ4n) is 12.7. The molecule has 6 heterocycles. The maximum Gasteiger partial charge on any atom is 0.260 e. The fourth-order valence-corrected chi connectivity index (χ4v) is 16.4. The van der Waals surface area contributed by atoms with Crippen LogP contribution in [0, 0.1) is 11.8 Å². The van der Waals surface area contributed by atoms with Crippen molar-refractivity contribution < 1.29 is 9.59 Å². The van der Waals surface area contributed by atoms with Gasteiger partial charge in [0.25, 0.3) is 11.8 Å². The molecule has 6 aromatic rings. The Kier molecular flexibility index (Phi) is 25.2. The van der Waals surface area contributed by atoms with E-state index in [0.29, 0.717) is 11.8 Å². The van der Waals surface area contributed by atoms with Crippen LogP contribution in [0.4, 0.5) is 11.4 Å². The summed E-state index contributed by atoms with van der Waals surface area (Å²) >= 11 is 7.03. The van der Waals surface area contributed by atoms with Crippen molar-refractivity contribution >= 4 is 90.5 Å². The predicted molar refractivity (Wildman–Crippen MR) is 346 cm³/mol. The smallest absolute Gasteiger partial charge is 0.260 e. The minimum Gasteiger partial charge on any atom is -0.307 e. The lowest BCUT2D eigenvalue weighted by atomic mass is 9.92. The Bertz CT molecular complexity index is 2660. The summed E-state index contributed by atoms with van der Waals surface area (Å²) in [4.78, 5) is 42.8. The van der Waals surface area contributed by atoms with Crippen LogP contribution >= 0.6 is 45.3 Å². The molecule has 8 heteroatoms. The lowest BCUT2D eigenvalue weighted by molar-refractivity contribution is -0.114. The second-order valence-corrected chi connectivity index (χ2v) is 27.3. The van der Waals surface area contributed by atoms with Gasteiger partial charge >= 0.3 is 0 Å². The Morgan fingerprint density at radius 1 is 0.346 bits per heavy atom. The first-order chi connectivity index (χ1) is 38.4. The first-order valence-electron chi connectivity index (χ1n) is 31.7. The molecule has 0 N–H and O–H groups in total. The normalized spacial score (nSPS) is 14.2. The Balaban J connectivity index is 1.19. The molecule has 2 atom stereocenters. The molecule has 4 aromatic heterocycles. The van der Waals surface area contributed by atoms with Crippen molar-refractivity contribution in [3.05, 3.63) is 104 Å². The van der Waals surface area contributed by atoms with Gasteiger partial charge in [-0.15, -0.1) is 45.3 Å². The molecular formula is C70H96N2O2S4. The summed E-state index contributed by atoms with van der Waals surface area (Å²) in [5, 5.41) is 8.60. The van der Waals surface area contributed by atoms with Gasteiger partial charge in [-0.1, -0.05) is 244 Å². The lowest BCUT2D eigenvalue weighted by Crippen LogP contribution is -2.34. The number of carbonyl (C=O) groups excluding carboxylic acids is 2. The molecule has 0 spiro atoms. The SMILES string of the molecule is CCCCCCCCCCC(CCCCCCCC)CN1C(=O)C(c2ccc(-c3cccs3)s2)=c2ccc3c4c(ccc3c21)=C(c1ccc(-c2cccs2)s1)C(=O)N4CC(CCCCCCCC)CCCCCCCCCC. The van der Waals surface area contributed by atoms with Gasteiger partial charge in [0, 0.05) is 63.6 Å². The summed E-state index contributed by atoms with van der Waals surface area (Å²) in [6, 6.07) is 26.6. The topological polar surface area (TPSA) is 40.6 Å². The minimum absolute atomic E-state index is 0.144. The molecule has 2 unspecified atom stereocenters. The molecule has 0 bridgehead atoms. The number of benzene rings is 2. The number of amides is 2. The zero-order valence-corrected chi connectivity index (χ0v) is 51.9. The van der Waals surface area contributed by atoms with Crippen molar-refractivity contribution in [2.24, 2.45) is 11.8 Å². The van der Waals surface area contributed by atoms with E-state index in [4.69, 9.17) is 0 Å². The van der Waals surface area contributed by atoms with Gasteiger partial charge in [0.05, 0.1) is 22.5 Å². The molecule has 2 aliphatic rings. The van der Waals surface area contributed by atoms with Crippen LogP contribution in [0.15, 0.2) is 83.6 Å². The summed E-state index contributed by atoms with van der Waals surface area (Å²) in [5.41, 5.74) is 3.80. The first kappa shape index (κ1) is 60.3. The third-order valence-electron chi connectivity index (χ3n) is 17.1. The van der Waals surface area contributed by atoms with Gasteiger partial charge in [0.15, 0.2) is 0 Å². The third-order valence-corrected chi connectivity index (χ3v) is 21.5. The van der Waals surface area contributed by atoms with E-state index >= 15 is 9.59 Å². The van der Waals surface area contributed by atoms with Crippen molar-refractivity contribution in [2.45, 2.75) is 233 Å². The molecule has 0 saturated carbocycles. The first-order valence-corrected chi connectivity index (χ1v) is 35.1. The van der Waals surface area contributed by atoms with Crippen molar-refractivity contribution in [3.63, 3.8) is 0 Å². The number of hydrogen-bond donors (Lipinski definition) is 0. The molecule has 4 nitrogen and oxygen atoms in total. The summed E-state index contributed by atoms with van der Waals surface area (Å²) in [7, 11) is 0. The lowest BCUT2D eigenvalue weighted by Gasteiger charge is -2.28. The van der Waals surface area contributed by atoms with Gasteiger partial charge in [-0.3, -0.25) is 9.59 Å². The quantitative estimate of drug-likeness (QED) is 0.0360. The highest BCUT2D eigenvalue weighted by molar-refractivity contribution is 7.22. The number of hydrogen-bond acceptors (Lipinski definition) is 6. The standard InChI is InChI=1S/C70H96N2O2S4/c1-5-9-13-17-21-23-27-31-37-53(35-29-25-19-15-11-7-3)51-71-67-55-41-44-58-66(64-48-46-62(78-64)60-40-34-50-76-60)70(74)72(52-54(36-30-26-20-16-12-8-4)38-32-28-24-22-18-14-10-6-2)68(58)56(55)42-43-57(67)65(69(71)73)63-47-45-61(77-63)59-39-33-49-75-59/h33-34,39-50,53-54H,5-32,35-38,51-52H2,1-4H3. The molecule has 0 saturated heterocycles. The average molecular weight is 1130 g/mol. The highest BCUT2D eigenvalue weighted by Gasteiger charge is 2.38. The molecule has 2 aromatic carbocycles. The van der Waals surface area contributed by atoms with Crippen molar-refractivity contribution in [1.29, 1.82) is 0 Å². The molecule has 0 aliphatic carbocycles. The Labute approximate surface area is 487 Å². The van der Waals surface area contributed by atoms with Crippen molar-refractivity contribution in [3.8, 4) is 19.5 Å². The maximum atomic E-state index is 15.6. The Morgan fingerprint density at radius 3 is 0.962 bits per heavy atom. The molecule has 0 fully saturated rings. The van der Waals surface area contributed by atoms with Crippen LogP contribution in [-0.4, -0.2) is 24.9 Å². The van der Waals surface area contributed by atoms with Crippen molar-refractivity contribution in [2.75, 3.05) is 22.9 Å². The second-order valence-electron chi connectivity index (χ2n) is 23.3. The number of thiophene rings is 4. The number of unbranched alkanes of at least 4 members (excludes halogenated alkanes) is 24. The van der Waals surface area contributed by atoms with Crippen LogP contribution in [0.3, 0.4) is 0 Å². The number of nitrogens with zero attached hydrogens (tertiary/aromatic N) is 2.